The van der Waals surface area contributed by atoms with Crippen LogP contribution in [0.3, 0.4) is 0 Å². The van der Waals surface area contributed by atoms with Crippen LogP contribution in [0.1, 0.15) is 30.4 Å². The molecule has 2 aliphatic rings. The van der Waals surface area contributed by atoms with Crippen molar-refractivity contribution in [3.8, 4) is 0 Å². The highest BCUT2D eigenvalue weighted by atomic mass is 79.9. The summed E-state index contributed by atoms with van der Waals surface area (Å²) in [4.78, 5) is 13.5. The Kier molecular flexibility index (Phi) is 3.69. The largest absolute Gasteiger partial charge is 0.392 e. The molecule has 1 fully saturated rings. The molecule has 3 rings (SSSR count). The summed E-state index contributed by atoms with van der Waals surface area (Å²) in [5.74, 6) is 0. The summed E-state index contributed by atoms with van der Waals surface area (Å²) in [6.45, 7) is 2.23. The molecule has 1 heterocycles. The number of hydrogen-bond acceptors (Lipinski definition) is 4. The Hall–Kier alpha value is -1.14. The van der Waals surface area contributed by atoms with Gasteiger partial charge in [0.15, 0.2) is 0 Å². The third kappa shape index (κ3) is 2.31. The minimum absolute atomic E-state index is 0.105. The number of nitrogens with zero attached hydrogens (tertiary/aromatic N) is 2. The van der Waals surface area contributed by atoms with Gasteiger partial charge in [0.1, 0.15) is 5.69 Å². The van der Waals surface area contributed by atoms with Crippen LogP contribution in [-0.4, -0.2) is 29.0 Å². The molecule has 0 spiro atoms. The number of anilines is 1. The van der Waals surface area contributed by atoms with Crippen molar-refractivity contribution in [2.24, 2.45) is 0 Å². The number of halogens is 1. The maximum absolute atomic E-state index is 11.3. The summed E-state index contributed by atoms with van der Waals surface area (Å²) in [5, 5.41) is 11.3. The summed E-state index contributed by atoms with van der Waals surface area (Å²) in [7, 11) is 0. The van der Waals surface area contributed by atoms with Crippen LogP contribution in [0.15, 0.2) is 10.5 Å². The van der Waals surface area contributed by atoms with Crippen molar-refractivity contribution >= 4 is 27.3 Å². The van der Waals surface area contributed by atoms with E-state index in [0.717, 1.165) is 37.1 Å². The molecule has 1 atom stereocenters. The highest BCUT2D eigenvalue weighted by Crippen LogP contribution is 2.41. The van der Waals surface area contributed by atoms with Crippen molar-refractivity contribution in [2.75, 3.05) is 18.8 Å². The standard InChI is InChI=1S/C14H18BrN3O2/c15-12-7-9-6-10(17-4-2-1-3-5-17)8-11(9)14(13(12)16)18(19)20/h7,10H,1-6,8,16H2. The zero-order chi connectivity index (χ0) is 14.3. The first-order valence-corrected chi connectivity index (χ1v) is 7.85. The smallest absolute Gasteiger partial charge is 0.296 e. The van der Waals surface area contributed by atoms with Gasteiger partial charge in [0, 0.05) is 16.1 Å². The third-order valence-electron chi connectivity index (χ3n) is 4.47. The molecule has 0 aromatic heterocycles. The normalized spacial score (nSPS) is 22.8. The second-order valence-electron chi connectivity index (χ2n) is 5.67. The van der Waals surface area contributed by atoms with Crippen molar-refractivity contribution in [1.29, 1.82) is 0 Å². The lowest BCUT2D eigenvalue weighted by atomic mass is 10.1. The quantitative estimate of drug-likeness (QED) is 0.510. The predicted molar refractivity (Wildman–Crippen MR) is 81.8 cm³/mol. The van der Waals surface area contributed by atoms with E-state index in [0.29, 0.717) is 10.5 Å². The molecule has 5 nitrogen and oxygen atoms in total. The van der Waals surface area contributed by atoms with Gasteiger partial charge in [-0.25, -0.2) is 0 Å². The molecular formula is C14H18BrN3O2. The molecule has 1 saturated heterocycles. The fourth-order valence-electron chi connectivity index (χ4n) is 3.47. The van der Waals surface area contributed by atoms with Crippen molar-refractivity contribution in [3.05, 3.63) is 31.8 Å². The summed E-state index contributed by atoms with van der Waals surface area (Å²) < 4.78 is 0.641. The maximum atomic E-state index is 11.3. The average Bonchev–Trinajstić information content (AvgIpc) is 2.83. The van der Waals surface area contributed by atoms with Gasteiger partial charge in [-0.15, -0.1) is 0 Å². The van der Waals surface area contributed by atoms with Crippen LogP contribution in [0.4, 0.5) is 11.4 Å². The Morgan fingerprint density at radius 2 is 2.00 bits per heavy atom. The van der Waals surface area contributed by atoms with Crippen LogP contribution in [0.2, 0.25) is 0 Å². The Balaban J connectivity index is 1.92. The average molecular weight is 340 g/mol. The lowest BCUT2D eigenvalue weighted by Gasteiger charge is -2.32. The predicted octanol–water partition coefficient (Wildman–Crippen LogP) is 2.89. The summed E-state index contributed by atoms with van der Waals surface area (Å²) in [6.07, 6.45) is 5.43. The van der Waals surface area contributed by atoms with Gasteiger partial charge in [0.25, 0.3) is 5.69 Å². The van der Waals surface area contributed by atoms with E-state index in [4.69, 9.17) is 5.73 Å². The number of rotatable bonds is 2. The monoisotopic (exact) mass is 339 g/mol. The highest BCUT2D eigenvalue weighted by Gasteiger charge is 2.34. The van der Waals surface area contributed by atoms with E-state index in [1.807, 2.05) is 6.07 Å². The second-order valence-corrected chi connectivity index (χ2v) is 6.53. The molecule has 0 radical (unpaired) electrons. The molecule has 1 aromatic rings. The minimum atomic E-state index is -0.336. The van der Waals surface area contributed by atoms with Gasteiger partial charge in [-0.3, -0.25) is 15.0 Å². The lowest BCUT2D eigenvalue weighted by molar-refractivity contribution is -0.384. The Morgan fingerprint density at radius 3 is 2.65 bits per heavy atom. The first kappa shape index (κ1) is 13.8. The number of hydrogen-bond donors (Lipinski definition) is 1. The zero-order valence-corrected chi connectivity index (χ0v) is 12.9. The van der Waals surface area contributed by atoms with E-state index in [-0.39, 0.29) is 16.3 Å². The number of nitro groups is 1. The first-order chi connectivity index (χ1) is 9.58. The summed E-state index contributed by atoms with van der Waals surface area (Å²) in [6, 6.07) is 2.36. The fraction of sp³-hybridized carbons (Fsp3) is 0.571. The van der Waals surface area contributed by atoms with E-state index < -0.39 is 0 Å². The van der Waals surface area contributed by atoms with Gasteiger partial charge < -0.3 is 5.73 Å². The van der Waals surface area contributed by atoms with Gasteiger partial charge in [-0.1, -0.05) is 6.42 Å². The molecule has 1 unspecified atom stereocenters. The van der Waals surface area contributed by atoms with E-state index in [2.05, 4.69) is 20.8 Å². The molecule has 20 heavy (non-hydrogen) atoms. The molecule has 0 amide bonds. The third-order valence-corrected chi connectivity index (χ3v) is 5.13. The fourth-order valence-corrected chi connectivity index (χ4v) is 3.93. The highest BCUT2D eigenvalue weighted by molar-refractivity contribution is 9.10. The summed E-state index contributed by atoms with van der Waals surface area (Å²) >= 11 is 3.34. The van der Waals surface area contributed by atoms with Gasteiger partial charge in [-0.2, -0.15) is 0 Å². The molecule has 0 saturated carbocycles. The van der Waals surface area contributed by atoms with Crippen molar-refractivity contribution in [3.63, 3.8) is 0 Å². The molecule has 1 aliphatic carbocycles. The van der Waals surface area contributed by atoms with Gasteiger partial charge >= 0.3 is 0 Å². The molecule has 1 aromatic carbocycles. The van der Waals surface area contributed by atoms with Gasteiger partial charge in [0.05, 0.1) is 4.92 Å². The number of fused-ring (bicyclic) bond motifs is 1. The molecule has 108 valence electrons. The number of benzene rings is 1. The van der Waals surface area contributed by atoms with Crippen LogP contribution in [0, 0.1) is 10.1 Å². The van der Waals surface area contributed by atoms with E-state index >= 15 is 0 Å². The molecule has 0 bridgehead atoms. The number of likely N-dealkylation sites (tertiary alicyclic amines) is 1. The van der Waals surface area contributed by atoms with Crippen LogP contribution < -0.4 is 5.73 Å². The zero-order valence-electron chi connectivity index (χ0n) is 11.3. The lowest BCUT2D eigenvalue weighted by Crippen LogP contribution is -2.39. The van der Waals surface area contributed by atoms with Gasteiger partial charge in [0.2, 0.25) is 0 Å². The number of nitrogen functional groups attached to an aromatic ring is 1. The van der Waals surface area contributed by atoms with Gasteiger partial charge in [-0.05, 0) is 66.3 Å². The summed E-state index contributed by atoms with van der Waals surface area (Å²) in [5.41, 5.74) is 8.16. The first-order valence-electron chi connectivity index (χ1n) is 7.06. The van der Waals surface area contributed by atoms with Crippen LogP contribution >= 0.6 is 15.9 Å². The van der Waals surface area contributed by atoms with E-state index in [1.54, 1.807) is 0 Å². The van der Waals surface area contributed by atoms with Crippen LogP contribution in [0.25, 0.3) is 0 Å². The molecule has 6 heteroatoms. The molecular weight excluding hydrogens is 322 g/mol. The number of piperidine rings is 1. The Morgan fingerprint density at radius 1 is 1.30 bits per heavy atom. The number of nitrogens with two attached hydrogens (primary N) is 1. The minimum Gasteiger partial charge on any atom is -0.392 e. The van der Waals surface area contributed by atoms with Crippen molar-refractivity contribution in [2.45, 2.75) is 38.1 Å². The van der Waals surface area contributed by atoms with Crippen LogP contribution in [0.5, 0.6) is 0 Å². The SMILES string of the molecule is Nc1c(Br)cc2c(c1[N+](=O)[O-])CC(N1CCCCC1)C2. The Bertz CT molecular complexity index is 556. The molecule has 2 N–H and O–H groups in total. The Labute approximate surface area is 126 Å². The maximum Gasteiger partial charge on any atom is 0.296 e. The van der Waals surface area contributed by atoms with Crippen molar-refractivity contribution in [1.82, 2.24) is 4.90 Å². The van der Waals surface area contributed by atoms with E-state index in [9.17, 15) is 10.1 Å². The van der Waals surface area contributed by atoms with E-state index in [1.165, 1.54) is 19.3 Å². The molecule has 1 aliphatic heterocycles. The number of nitro benzene ring substituents is 1. The second kappa shape index (κ2) is 5.33. The van der Waals surface area contributed by atoms with Crippen molar-refractivity contribution < 1.29 is 4.92 Å². The van der Waals surface area contributed by atoms with Crippen LogP contribution in [-0.2, 0) is 12.8 Å². The topological polar surface area (TPSA) is 72.4 Å².